The molecule has 0 bridgehead atoms. The van der Waals surface area contributed by atoms with E-state index < -0.39 is 0 Å². The number of H-pyrrole nitrogens is 1. The average Bonchev–Trinajstić information content (AvgIpc) is 2.88. The van der Waals surface area contributed by atoms with Gasteiger partial charge in [0.05, 0.1) is 11.6 Å². The molecular formula is C11H17N7S. The second-order valence-corrected chi connectivity index (χ2v) is 5.67. The lowest BCUT2D eigenvalue weighted by Gasteiger charge is -2.26. The van der Waals surface area contributed by atoms with Crippen LogP contribution in [0.2, 0.25) is 0 Å². The number of thioether (sulfide) groups is 1. The fourth-order valence-corrected chi connectivity index (χ4v) is 3.12. The Morgan fingerprint density at radius 2 is 2.21 bits per heavy atom. The Morgan fingerprint density at radius 1 is 1.37 bits per heavy atom. The third-order valence-electron chi connectivity index (χ3n) is 3.15. The van der Waals surface area contributed by atoms with E-state index in [1.54, 1.807) is 6.20 Å². The number of nitrogen functional groups attached to an aromatic ring is 1. The van der Waals surface area contributed by atoms with Crippen LogP contribution in [0.5, 0.6) is 0 Å². The van der Waals surface area contributed by atoms with Crippen LogP contribution in [0.25, 0.3) is 11.0 Å². The molecule has 1 fully saturated rings. The zero-order chi connectivity index (χ0) is 13.1. The highest BCUT2D eigenvalue weighted by Crippen LogP contribution is 2.18. The summed E-state index contributed by atoms with van der Waals surface area (Å²) in [6, 6.07) is 0. The molecule has 0 aliphatic carbocycles. The molecule has 3 heterocycles. The van der Waals surface area contributed by atoms with E-state index in [0.29, 0.717) is 5.65 Å². The maximum Gasteiger partial charge on any atom is 0.224 e. The predicted octanol–water partition coefficient (Wildman–Crippen LogP) is 0.396. The Labute approximate surface area is 115 Å². The minimum absolute atomic E-state index is 0.258. The number of anilines is 2. The number of nitrogens with two attached hydrogens (primary N) is 1. The van der Waals surface area contributed by atoms with Crippen LogP contribution in [-0.2, 0) is 0 Å². The number of aromatic amines is 1. The topological polar surface area (TPSA) is 95.7 Å². The zero-order valence-electron chi connectivity index (χ0n) is 10.6. The van der Waals surface area contributed by atoms with Crippen molar-refractivity contribution in [1.82, 2.24) is 25.1 Å². The van der Waals surface area contributed by atoms with Crippen molar-refractivity contribution in [2.24, 2.45) is 0 Å². The van der Waals surface area contributed by atoms with Crippen LogP contribution in [0, 0.1) is 0 Å². The summed E-state index contributed by atoms with van der Waals surface area (Å²) in [4.78, 5) is 10.8. The average molecular weight is 279 g/mol. The molecule has 2 aromatic rings. The number of nitrogens with zero attached hydrogens (tertiary/aromatic N) is 4. The molecule has 1 saturated heterocycles. The van der Waals surface area contributed by atoms with Gasteiger partial charge in [0.25, 0.3) is 0 Å². The molecule has 19 heavy (non-hydrogen) atoms. The van der Waals surface area contributed by atoms with Gasteiger partial charge in [-0.3, -0.25) is 10.00 Å². The van der Waals surface area contributed by atoms with Crippen molar-refractivity contribution in [2.75, 3.05) is 48.7 Å². The third kappa shape index (κ3) is 2.90. The van der Waals surface area contributed by atoms with Gasteiger partial charge in [0.15, 0.2) is 5.65 Å². The van der Waals surface area contributed by atoms with Crippen molar-refractivity contribution in [3.05, 3.63) is 6.20 Å². The number of hydrogen-bond donors (Lipinski definition) is 3. The molecule has 0 amide bonds. The third-order valence-corrected chi connectivity index (χ3v) is 4.09. The van der Waals surface area contributed by atoms with E-state index >= 15 is 0 Å². The van der Waals surface area contributed by atoms with E-state index in [1.807, 2.05) is 11.8 Å². The molecule has 0 saturated carbocycles. The normalized spacial score (nSPS) is 16.8. The SMILES string of the molecule is Nc1nc(NCCN2CCSCC2)c2cn[nH]c2n1. The van der Waals surface area contributed by atoms with Crippen molar-refractivity contribution in [1.29, 1.82) is 0 Å². The van der Waals surface area contributed by atoms with Crippen molar-refractivity contribution in [3.8, 4) is 0 Å². The van der Waals surface area contributed by atoms with E-state index in [0.717, 1.165) is 24.3 Å². The van der Waals surface area contributed by atoms with E-state index in [4.69, 9.17) is 5.73 Å². The molecule has 0 aromatic carbocycles. The first-order valence-electron chi connectivity index (χ1n) is 6.33. The van der Waals surface area contributed by atoms with Crippen LogP contribution >= 0.6 is 11.8 Å². The molecule has 8 heteroatoms. The summed E-state index contributed by atoms with van der Waals surface area (Å²) in [6.07, 6.45) is 1.72. The molecule has 0 spiro atoms. The molecular weight excluding hydrogens is 262 g/mol. The van der Waals surface area contributed by atoms with Crippen LogP contribution in [0.3, 0.4) is 0 Å². The smallest absolute Gasteiger partial charge is 0.224 e. The van der Waals surface area contributed by atoms with Crippen LogP contribution in [-0.4, -0.2) is 62.7 Å². The largest absolute Gasteiger partial charge is 0.368 e. The van der Waals surface area contributed by atoms with Crippen molar-refractivity contribution in [3.63, 3.8) is 0 Å². The Kier molecular flexibility index (Phi) is 3.69. The summed E-state index contributed by atoms with van der Waals surface area (Å²) in [5.74, 6) is 3.47. The quantitative estimate of drug-likeness (QED) is 0.745. The second kappa shape index (κ2) is 5.62. The number of rotatable bonds is 4. The summed E-state index contributed by atoms with van der Waals surface area (Å²) < 4.78 is 0. The van der Waals surface area contributed by atoms with Crippen LogP contribution < -0.4 is 11.1 Å². The van der Waals surface area contributed by atoms with E-state index in [2.05, 4.69) is 30.4 Å². The Bertz CT molecular complexity index is 549. The zero-order valence-corrected chi connectivity index (χ0v) is 11.4. The Morgan fingerprint density at radius 3 is 3.05 bits per heavy atom. The molecule has 0 atom stereocenters. The van der Waals surface area contributed by atoms with E-state index in [1.165, 1.54) is 24.6 Å². The highest BCUT2D eigenvalue weighted by Gasteiger charge is 2.11. The molecule has 0 radical (unpaired) electrons. The minimum atomic E-state index is 0.258. The summed E-state index contributed by atoms with van der Waals surface area (Å²) in [5, 5.41) is 11.0. The standard InChI is InChI=1S/C11H17N7S/c12-11-15-9(8-7-14-17-10(8)16-11)13-1-2-18-3-5-19-6-4-18/h7H,1-6H2,(H4,12,13,14,15,16,17). The minimum Gasteiger partial charge on any atom is -0.368 e. The monoisotopic (exact) mass is 279 g/mol. The van der Waals surface area contributed by atoms with Gasteiger partial charge < -0.3 is 11.1 Å². The van der Waals surface area contributed by atoms with Gasteiger partial charge >= 0.3 is 0 Å². The van der Waals surface area contributed by atoms with Crippen molar-refractivity contribution in [2.45, 2.75) is 0 Å². The molecule has 4 N–H and O–H groups in total. The molecule has 2 aromatic heterocycles. The first-order valence-corrected chi connectivity index (χ1v) is 7.49. The Hall–Kier alpha value is -1.54. The highest BCUT2D eigenvalue weighted by atomic mass is 32.2. The number of aromatic nitrogens is 4. The van der Waals surface area contributed by atoms with E-state index in [-0.39, 0.29) is 5.95 Å². The van der Waals surface area contributed by atoms with Gasteiger partial charge in [-0.1, -0.05) is 0 Å². The van der Waals surface area contributed by atoms with Crippen LogP contribution in [0.15, 0.2) is 6.20 Å². The molecule has 3 rings (SSSR count). The van der Waals surface area contributed by atoms with E-state index in [9.17, 15) is 0 Å². The molecule has 1 aliphatic heterocycles. The molecule has 102 valence electrons. The lowest BCUT2D eigenvalue weighted by molar-refractivity contribution is 0.314. The van der Waals surface area contributed by atoms with Gasteiger partial charge in [-0.15, -0.1) is 0 Å². The predicted molar refractivity (Wildman–Crippen MR) is 78.4 cm³/mol. The van der Waals surface area contributed by atoms with Gasteiger partial charge in [-0.25, -0.2) is 0 Å². The fraction of sp³-hybridized carbons (Fsp3) is 0.545. The highest BCUT2D eigenvalue weighted by molar-refractivity contribution is 7.99. The lowest BCUT2D eigenvalue weighted by Crippen LogP contribution is -2.36. The molecule has 7 nitrogen and oxygen atoms in total. The van der Waals surface area contributed by atoms with Crippen molar-refractivity contribution < 1.29 is 0 Å². The summed E-state index contributed by atoms with van der Waals surface area (Å²) in [7, 11) is 0. The van der Waals surface area contributed by atoms with Gasteiger partial charge in [-0.05, 0) is 0 Å². The second-order valence-electron chi connectivity index (χ2n) is 4.44. The first-order chi connectivity index (χ1) is 9.33. The Balaban J connectivity index is 1.63. The molecule has 0 unspecified atom stereocenters. The summed E-state index contributed by atoms with van der Waals surface area (Å²) >= 11 is 2.02. The van der Waals surface area contributed by atoms with Gasteiger partial charge in [0, 0.05) is 37.7 Å². The maximum absolute atomic E-state index is 5.68. The van der Waals surface area contributed by atoms with Gasteiger partial charge in [-0.2, -0.15) is 26.8 Å². The van der Waals surface area contributed by atoms with Gasteiger partial charge in [0.2, 0.25) is 5.95 Å². The fourth-order valence-electron chi connectivity index (χ4n) is 2.14. The van der Waals surface area contributed by atoms with Crippen LogP contribution in [0.4, 0.5) is 11.8 Å². The van der Waals surface area contributed by atoms with Crippen molar-refractivity contribution >= 4 is 34.6 Å². The summed E-state index contributed by atoms with van der Waals surface area (Å²) in [6.45, 7) is 4.20. The van der Waals surface area contributed by atoms with Crippen LogP contribution in [0.1, 0.15) is 0 Å². The van der Waals surface area contributed by atoms with Gasteiger partial charge in [0.1, 0.15) is 5.82 Å². The number of fused-ring (bicyclic) bond motifs is 1. The summed E-state index contributed by atoms with van der Waals surface area (Å²) in [5.41, 5.74) is 6.35. The number of nitrogens with one attached hydrogen (secondary N) is 2. The lowest BCUT2D eigenvalue weighted by atomic mass is 10.4. The maximum atomic E-state index is 5.68. The molecule has 1 aliphatic rings. The first kappa shape index (κ1) is 12.5. The number of hydrogen-bond acceptors (Lipinski definition) is 7.